The van der Waals surface area contributed by atoms with Crippen molar-refractivity contribution in [2.45, 2.75) is 31.8 Å². The lowest BCUT2D eigenvalue weighted by molar-refractivity contribution is 0.0605. The molecule has 1 aliphatic rings. The first-order valence-corrected chi connectivity index (χ1v) is 8.96. The van der Waals surface area contributed by atoms with E-state index in [1.807, 2.05) is 26.2 Å². The Hall–Kier alpha value is -2.27. The van der Waals surface area contributed by atoms with Gasteiger partial charge >= 0.3 is 0 Å². The number of rotatable bonds is 4. The third-order valence-electron chi connectivity index (χ3n) is 4.81. The Balaban J connectivity index is 1.86. The van der Waals surface area contributed by atoms with Crippen molar-refractivity contribution < 1.29 is 13.6 Å². The lowest BCUT2D eigenvalue weighted by Gasteiger charge is -2.36. The van der Waals surface area contributed by atoms with Gasteiger partial charge in [-0.05, 0) is 56.6 Å². The molecule has 0 bridgehead atoms. The predicted octanol–water partition coefficient (Wildman–Crippen LogP) is 4.39. The lowest BCUT2D eigenvalue weighted by atomic mass is 9.93. The molecule has 0 spiro atoms. The van der Waals surface area contributed by atoms with E-state index < -0.39 is 17.5 Å². The number of piperidine rings is 1. The van der Waals surface area contributed by atoms with Gasteiger partial charge in [-0.3, -0.25) is 4.79 Å². The van der Waals surface area contributed by atoms with Crippen molar-refractivity contribution in [2.75, 3.05) is 20.6 Å². The van der Waals surface area contributed by atoms with Crippen molar-refractivity contribution in [3.05, 3.63) is 70.8 Å². The topological polar surface area (TPSA) is 23.6 Å². The number of nitrogens with zero attached hydrogens (tertiary/aromatic N) is 2. The fraction of sp³-hybridized carbons (Fsp3) is 0.381. The first-order chi connectivity index (χ1) is 12.5. The summed E-state index contributed by atoms with van der Waals surface area (Å²) in [4.78, 5) is 16.7. The zero-order valence-corrected chi connectivity index (χ0v) is 15.2. The molecule has 3 nitrogen and oxygen atoms in total. The van der Waals surface area contributed by atoms with Crippen LogP contribution in [0.15, 0.2) is 42.5 Å². The van der Waals surface area contributed by atoms with Crippen LogP contribution in [0.3, 0.4) is 0 Å². The molecule has 0 aliphatic carbocycles. The van der Waals surface area contributed by atoms with Crippen molar-refractivity contribution in [1.82, 2.24) is 9.80 Å². The molecular weight excluding hydrogens is 334 g/mol. The summed E-state index contributed by atoms with van der Waals surface area (Å²) >= 11 is 0. The number of hydrogen-bond acceptors (Lipinski definition) is 2. The van der Waals surface area contributed by atoms with E-state index in [2.05, 4.69) is 17.0 Å². The molecule has 1 fully saturated rings. The third kappa shape index (κ3) is 3.93. The summed E-state index contributed by atoms with van der Waals surface area (Å²) in [6.07, 6.45) is 2.72. The minimum absolute atomic E-state index is 0.104. The molecule has 3 rings (SSSR count). The van der Waals surface area contributed by atoms with Gasteiger partial charge in [0.15, 0.2) is 11.6 Å². The van der Waals surface area contributed by atoms with Gasteiger partial charge in [-0.15, -0.1) is 0 Å². The largest absolute Gasteiger partial charge is 0.332 e. The van der Waals surface area contributed by atoms with E-state index in [0.29, 0.717) is 6.54 Å². The summed E-state index contributed by atoms with van der Waals surface area (Å²) in [5, 5.41) is 0. The summed E-state index contributed by atoms with van der Waals surface area (Å²) < 4.78 is 27.6. The van der Waals surface area contributed by atoms with E-state index >= 15 is 0 Å². The van der Waals surface area contributed by atoms with Crippen molar-refractivity contribution >= 4 is 5.91 Å². The highest BCUT2D eigenvalue weighted by Crippen LogP contribution is 2.33. The molecule has 0 aromatic heterocycles. The normalized spacial score (nSPS) is 17.6. The van der Waals surface area contributed by atoms with Gasteiger partial charge < -0.3 is 9.80 Å². The molecule has 5 heteroatoms. The zero-order valence-electron chi connectivity index (χ0n) is 15.2. The van der Waals surface area contributed by atoms with E-state index in [0.717, 1.165) is 37.4 Å². The van der Waals surface area contributed by atoms with E-state index in [1.165, 1.54) is 17.7 Å². The van der Waals surface area contributed by atoms with E-state index in [9.17, 15) is 13.6 Å². The maximum atomic E-state index is 14.1. The second-order valence-electron chi connectivity index (χ2n) is 7.09. The van der Waals surface area contributed by atoms with Crippen molar-refractivity contribution in [2.24, 2.45) is 0 Å². The molecule has 2 aromatic carbocycles. The maximum Gasteiger partial charge on any atom is 0.257 e. The van der Waals surface area contributed by atoms with Crippen LogP contribution in [0.2, 0.25) is 0 Å². The highest BCUT2D eigenvalue weighted by Gasteiger charge is 2.30. The summed E-state index contributed by atoms with van der Waals surface area (Å²) in [5.41, 5.74) is 2.04. The third-order valence-corrected chi connectivity index (χ3v) is 4.81. The molecule has 0 radical (unpaired) electrons. The quantitative estimate of drug-likeness (QED) is 0.809. The predicted molar refractivity (Wildman–Crippen MR) is 97.8 cm³/mol. The molecule has 1 heterocycles. The van der Waals surface area contributed by atoms with Crippen molar-refractivity contribution in [3.63, 3.8) is 0 Å². The molecule has 1 saturated heterocycles. The number of benzene rings is 2. The van der Waals surface area contributed by atoms with Crippen molar-refractivity contribution in [1.29, 1.82) is 0 Å². The molecular formula is C21H24F2N2O. The second-order valence-corrected chi connectivity index (χ2v) is 7.09. The van der Waals surface area contributed by atoms with Crippen LogP contribution in [0.4, 0.5) is 8.78 Å². The molecule has 1 aliphatic heterocycles. The highest BCUT2D eigenvalue weighted by molar-refractivity contribution is 5.94. The zero-order chi connectivity index (χ0) is 18.7. The summed E-state index contributed by atoms with van der Waals surface area (Å²) in [7, 11) is 4.03. The van der Waals surface area contributed by atoms with Crippen LogP contribution in [-0.2, 0) is 6.54 Å². The van der Waals surface area contributed by atoms with Crippen LogP contribution in [0, 0.1) is 11.6 Å². The molecule has 1 amide bonds. The number of hydrogen-bond donors (Lipinski definition) is 0. The average molecular weight is 358 g/mol. The van der Waals surface area contributed by atoms with Gasteiger partial charge in [-0.2, -0.15) is 0 Å². The van der Waals surface area contributed by atoms with Gasteiger partial charge in [-0.1, -0.05) is 30.3 Å². The van der Waals surface area contributed by atoms with Crippen LogP contribution in [0.25, 0.3) is 0 Å². The summed E-state index contributed by atoms with van der Waals surface area (Å²) in [6.45, 7) is 1.40. The molecule has 1 atom stereocenters. The van der Waals surface area contributed by atoms with Gasteiger partial charge in [-0.25, -0.2) is 8.78 Å². The highest BCUT2D eigenvalue weighted by atomic mass is 19.2. The number of halogens is 2. The van der Waals surface area contributed by atoms with Crippen LogP contribution >= 0.6 is 0 Å². The number of likely N-dealkylation sites (tertiary alicyclic amines) is 1. The average Bonchev–Trinajstić information content (AvgIpc) is 2.64. The molecule has 138 valence electrons. The molecule has 0 N–H and O–H groups in total. The Morgan fingerprint density at radius 1 is 1.12 bits per heavy atom. The van der Waals surface area contributed by atoms with E-state index in [-0.39, 0.29) is 11.6 Å². The maximum absolute atomic E-state index is 14.1. The fourth-order valence-electron chi connectivity index (χ4n) is 3.56. The minimum Gasteiger partial charge on any atom is -0.332 e. The Labute approximate surface area is 153 Å². The SMILES string of the molecule is CN(C)Cc1ccc([C@@H]2CCCCN2C(=O)c2cccc(F)c2F)cc1. The van der Waals surface area contributed by atoms with Gasteiger partial charge in [0.25, 0.3) is 5.91 Å². The number of amides is 1. The van der Waals surface area contributed by atoms with Crippen molar-refractivity contribution in [3.8, 4) is 0 Å². The Bertz CT molecular complexity index is 774. The first kappa shape index (κ1) is 18.5. The molecule has 0 unspecified atom stereocenters. The molecule has 2 aromatic rings. The Kier molecular flexibility index (Phi) is 5.67. The smallest absolute Gasteiger partial charge is 0.257 e. The van der Waals surface area contributed by atoms with E-state index in [4.69, 9.17) is 0 Å². The van der Waals surface area contributed by atoms with Crippen LogP contribution in [0.5, 0.6) is 0 Å². The summed E-state index contributed by atoms with van der Waals surface area (Å²) in [5.74, 6) is -2.50. The Morgan fingerprint density at radius 3 is 2.54 bits per heavy atom. The van der Waals surface area contributed by atoms with Crippen LogP contribution in [-0.4, -0.2) is 36.3 Å². The fourth-order valence-corrected chi connectivity index (χ4v) is 3.56. The van der Waals surface area contributed by atoms with E-state index in [1.54, 1.807) is 4.90 Å². The number of carbonyl (C=O) groups excluding carboxylic acids is 1. The lowest BCUT2D eigenvalue weighted by Crippen LogP contribution is -2.39. The van der Waals surface area contributed by atoms with Gasteiger partial charge in [0, 0.05) is 13.1 Å². The van der Waals surface area contributed by atoms with Crippen LogP contribution in [0.1, 0.15) is 46.8 Å². The summed E-state index contributed by atoms with van der Waals surface area (Å²) in [6, 6.07) is 11.9. The standard InChI is InChI=1S/C21H24F2N2O/c1-24(2)14-15-9-11-16(12-10-15)19-8-3-4-13-25(19)21(26)17-6-5-7-18(22)20(17)23/h5-7,9-12,19H,3-4,8,13-14H2,1-2H3/t19-/m0/s1. The molecule has 26 heavy (non-hydrogen) atoms. The second kappa shape index (κ2) is 7.96. The Morgan fingerprint density at radius 2 is 1.85 bits per heavy atom. The minimum atomic E-state index is -1.07. The first-order valence-electron chi connectivity index (χ1n) is 8.96. The van der Waals surface area contributed by atoms with Gasteiger partial charge in [0.1, 0.15) is 0 Å². The van der Waals surface area contributed by atoms with Gasteiger partial charge in [0.05, 0.1) is 11.6 Å². The van der Waals surface area contributed by atoms with Crippen LogP contribution < -0.4 is 0 Å². The monoisotopic (exact) mass is 358 g/mol. The molecule has 0 saturated carbocycles. The van der Waals surface area contributed by atoms with Gasteiger partial charge in [0.2, 0.25) is 0 Å². The number of carbonyl (C=O) groups is 1.